The van der Waals surface area contributed by atoms with E-state index >= 15 is 0 Å². The summed E-state index contributed by atoms with van der Waals surface area (Å²) in [4.78, 5) is 11.7. The molecule has 2 unspecified atom stereocenters. The molecule has 0 aromatic heterocycles. The molecule has 4 heteroatoms. The first kappa shape index (κ1) is 17.4. The van der Waals surface area contributed by atoms with Crippen molar-refractivity contribution in [2.24, 2.45) is 23.5 Å². The third-order valence-electron chi connectivity index (χ3n) is 3.12. The van der Waals surface area contributed by atoms with Gasteiger partial charge in [-0.3, -0.25) is 4.79 Å². The SMILES string of the molecule is CC(C)CC(CN)CC(=O)NCCCC(C)CO. The van der Waals surface area contributed by atoms with Crippen LogP contribution in [0.5, 0.6) is 0 Å². The second-order valence-corrected chi connectivity index (χ2v) is 5.72. The average molecular weight is 258 g/mol. The summed E-state index contributed by atoms with van der Waals surface area (Å²) < 4.78 is 0. The van der Waals surface area contributed by atoms with Gasteiger partial charge in [0.05, 0.1) is 0 Å². The molecule has 0 aromatic carbocycles. The van der Waals surface area contributed by atoms with E-state index in [1.807, 2.05) is 6.92 Å². The zero-order valence-corrected chi connectivity index (χ0v) is 12.1. The molecule has 0 aliphatic heterocycles. The van der Waals surface area contributed by atoms with Crippen LogP contribution in [0.2, 0.25) is 0 Å². The van der Waals surface area contributed by atoms with Gasteiger partial charge in [-0.15, -0.1) is 0 Å². The van der Waals surface area contributed by atoms with Crippen LogP contribution >= 0.6 is 0 Å². The molecule has 0 spiro atoms. The third kappa shape index (κ3) is 9.42. The number of hydrogen-bond acceptors (Lipinski definition) is 3. The van der Waals surface area contributed by atoms with Gasteiger partial charge in [0, 0.05) is 19.6 Å². The van der Waals surface area contributed by atoms with Crippen LogP contribution in [-0.4, -0.2) is 30.7 Å². The lowest BCUT2D eigenvalue weighted by Crippen LogP contribution is -2.29. The molecule has 0 bridgehead atoms. The van der Waals surface area contributed by atoms with Crippen LogP contribution in [0.25, 0.3) is 0 Å². The van der Waals surface area contributed by atoms with E-state index in [-0.39, 0.29) is 12.5 Å². The minimum absolute atomic E-state index is 0.0998. The van der Waals surface area contributed by atoms with E-state index < -0.39 is 0 Å². The fourth-order valence-electron chi connectivity index (χ4n) is 2.03. The normalized spacial score (nSPS) is 14.6. The summed E-state index contributed by atoms with van der Waals surface area (Å²) in [5.41, 5.74) is 5.67. The number of carbonyl (C=O) groups excluding carboxylic acids is 1. The Morgan fingerprint density at radius 3 is 2.50 bits per heavy atom. The van der Waals surface area contributed by atoms with Gasteiger partial charge >= 0.3 is 0 Å². The van der Waals surface area contributed by atoms with Crippen LogP contribution in [0, 0.1) is 17.8 Å². The highest BCUT2D eigenvalue weighted by atomic mass is 16.3. The predicted octanol–water partition coefficient (Wildman–Crippen LogP) is 1.52. The minimum atomic E-state index is 0.0998. The number of aliphatic hydroxyl groups excluding tert-OH is 1. The molecule has 0 rings (SSSR count). The molecule has 0 heterocycles. The number of amides is 1. The lowest BCUT2D eigenvalue weighted by Gasteiger charge is -2.16. The maximum Gasteiger partial charge on any atom is 0.220 e. The Labute approximate surface area is 111 Å². The monoisotopic (exact) mass is 258 g/mol. The van der Waals surface area contributed by atoms with Crippen molar-refractivity contribution in [1.29, 1.82) is 0 Å². The maximum absolute atomic E-state index is 11.7. The number of carbonyl (C=O) groups is 1. The Balaban J connectivity index is 3.68. The summed E-state index contributed by atoms with van der Waals surface area (Å²) in [6, 6.07) is 0. The van der Waals surface area contributed by atoms with Gasteiger partial charge in [0.15, 0.2) is 0 Å². The molecule has 0 saturated carbocycles. The van der Waals surface area contributed by atoms with E-state index in [1.165, 1.54) is 0 Å². The lowest BCUT2D eigenvalue weighted by molar-refractivity contribution is -0.122. The van der Waals surface area contributed by atoms with E-state index in [4.69, 9.17) is 10.8 Å². The van der Waals surface area contributed by atoms with E-state index in [1.54, 1.807) is 0 Å². The highest BCUT2D eigenvalue weighted by Gasteiger charge is 2.13. The summed E-state index contributed by atoms with van der Waals surface area (Å²) >= 11 is 0. The van der Waals surface area contributed by atoms with E-state index in [9.17, 15) is 4.79 Å². The first-order chi connectivity index (χ1) is 8.49. The Kier molecular flexibility index (Phi) is 9.98. The van der Waals surface area contributed by atoms with Crippen LogP contribution in [0.15, 0.2) is 0 Å². The van der Waals surface area contributed by atoms with Crippen molar-refractivity contribution >= 4 is 5.91 Å². The fraction of sp³-hybridized carbons (Fsp3) is 0.929. The second kappa shape index (κ2) is 10.3. The smallest absolute Gasteiger partial charge is 0.220 e. The first-order valence-electron chi connectivity index (χ1n) is 7.07. The van der Waals surface area contributed by atoms with Gasteiger partial charge in [-0.05, 0) is 43.6 Å². The molecule has 0 aliphatic rings. The molecule has 0 aliphatic carbocycles. The van der Waals surface area contributed by atoms with Crippen molar-refractivity contribution in [1.82, 2.24) is 5.32 Å². The summed E-state index contributed by atoms with van der Waals surface area (Å²) in [7, 11) is 0. The summed E-state index contributed by atoms with van der Waals surface area (Å²) in [6.07, 6.45) is 3.41. The van der Waals surface area contributed by atoms with Crippen LogP contribution in [0.4, 0.5) is 0 Å². The largest absolute Gasteiger partial charge is 0.396 e. The number of rotatable bonds is 10. The fourth-order valence-corrected chi connectivity index (χ4v) is 2.03. The zero-order valence-electron chi connectivity index (χ0n) is 12.1. The molecule has 0 radical (unpaired) electrons. The van der Waals surface area contributed by atoms with Crippen molar-refractivity contribution in [3.05, 3.63) is 0 Å². The van der Waals surface area contributed by atoms with Crippen molar-refractivity contribution in [2.75, 3.05) is 19.7 Å². The molecule has 0 fully saturated rings. The number of hydrogen-bond donors (Lipinski definition) is 3. The highest BCUT2D eigenvalue weighted by molar-refractivity contribution is 5.76. The predicted molar refractivity (Wildman–Crippen MR) is 75.1 cm³/mol. The van der Waals surface area contributed by atoms with Gasteiger partial charge in [0.25, 0.3) is 0 Å². The van der Waals surface area contributed by atoms with Gasteiger partial charge in [0.2, 0.25) is 5.91 Å². The summed E-state index contributed by atoms with van der Waals surface area (Å²) in [5, 5.41) is 11.8. The van der Waals surface area contributed by atoms with Gasteiger partial charge in [-0.1, -0.05) is 20.8 Å². The topological polar surface area (TPSA) is 75.4 Å². The van der Waals surface area contributed by atoms with Gasteiger partial charge in [-0.2, -0.15) is 0 Å². The Bertz CT molecular complexity index is 220. The molecule has 4 N–H and O–H groups in total. The van der Waals surface area contributed by atoms with Gasteiger partial charge in [-0.25, -0.2) is 0 Å². The van der Waals surface area contributed by atoms with Crippen molar-refractivity contribution in [2.45, 2.75) is 46.5 Å². The molecule has 2 atom stereocenters. The van der Waals surface area contributed by atoms with Crippen LogP contribution in [-0.2, 0) is 4.79 Å². The third-order valence-corrected chi connectivity index (χ3v) is 3.12. The molecule has 1 amide bonds. The summed E-state index contributed by atoms with van der Waals surface area (Å²) in [6.45, 7) is 7.80. The van der Waals surface area contributed by atoms with Crippen molar-refractivity contribution in [3.63, 3.8) is 0 Å². The Morgan fingerprint density at radius 1 is 1.33 bits per heavy atom. The highest BCUT2D eigenvalue weighted by Crippen LogP contribution is 2.14. The Morgan fingerprint density at radius 2 is 2.00 bits per heavy atom. The van der Waals surface area contributed by atoms with Crippen LogP contribution < -0.4 is 11.1 Å². The molecule has 18 heavy (non-hydrogen) atoms. The van der Waals surface area contributed by atoms with Gasteiger partial charge < -0.3 is 16.2 Å². The Hall–Kier alpha value is -0.610. The molecule has 4 nitrogen and oxygen atoms in total. The standard InChI is InChI=1S/C14H30N2O2/c1-11(2)7-13(9-15)8-14(18)16-6-4-5-12(3)10-17/h11-13,17H,4-10,15H2,1-3H3,(H,16,18). The van der Waals surface area contributed by atoms with E-state index in [2.05, 4.69) is 19.2 Å². The number of nitrogens with one attached hydrogen (secondary N) is 1. The van der Waals surface area contributed by atoms with E-state index in [0.29, 0.717) is 37.3 Å². The van der Waals surface area contributed by atoms with E-state index in [0.717, 1.165) is 19.3 Å². The molecule has 0 aromatic rings. The van der Waals surface area contributed by atoms with Crippen molar-refractivity contribution in [3.8, 4) is 0 Å². The second-order valence-electron chi connectivity index (χ2n) is 5.72. The molecule has 0 saturated heterocycles. The minimum Gasteiger partial charge on any atom is -0.396 e. The van der Waals surface area contributed by atoms with Crippen molar-refractivity contribution < 1.29 is 9.90 Å². The van der Waals surface area contributed by atoms with Crippen LogP contribution in [0.3, 0.4) is 0 Å². The lowest BCUT2D eigenvalue weighted by atomic mass is 9.94. The molecule has 108 valence electrons. The van der Waals surface area contributed by atoms with Gasteiger partial charge in [0.1, 0.15) is 0 Å². The van der Waals surface area contributed by atoms with Crippen LogP contribution in [0.1, 0.15) is 46.5 Å². The number of nitrogens with two attached hydrogens (primary N) is 1. The number of aliphatic hydroxyl groups is 1. The molecular formula is C14H30N2O2. The average Bonchev–Trinajstić information content (AvgIpc) is 2.32. The molecular weight excluding hydrogens is 228 g/mol. The zero-order chi connectivity index (χ0) is 14.0. The maximum atomic E-state index is 11.7. The quantitative estimate of drug-likeness (QED) is 0.520. The summed E-state index contributed by atoms with van der Waals surface area (Å²) in [5.74, 6) is 1.29. The first-order valence-corrected chi connectivity index (χ1v) is 7.07.